The molecule has 0 aromatic heterocycles. The molecule has 4 N–H and O–H groups in total. The maximum absolute atomic E-state index is 12.8. The summed E-state index contributed by atoms with van der Waals surface area (Å²) in [6.45, 7) is 1.52. The monoisotopic (exact) mass is 538 g/mol. The number of rotatable bonds is 9. The van der Waals surface area contributed by atoms with E-state index in [1.54, 1.807) is 31.2 Å². The fourth-order valence-electron chi connectivity index (χ4n) is 3.41. The first-order valence-corrected chi connectivity index (χ1v) is 11.6. The van der Waals surface area contributed by atoms with Gasteiger partial charge in [0.15, 0.2) is 0 Å². The van der Waals surface area contributed by atoms with Gasteiger partial charge in [-0.15, -0.1) is 0 Å². The number of nitrogens with one attached hydrogen (secondary N) is 2. The van der Waals surface area contributed by atoms with Gasteiger partial charge in [-0.3, -0.25) is 4.79 Å². The standard InChI is InChI=1S/C22H24ClF3N2O5S.H2O/c1-12-16(19(29)32-2)17(13-7-4-5-8-14(13)23)18(20(30)33-3)15(28-12)11-34-10-6-9-27-21(31)22(24,25)26;/h4-5,7-8,17,28H,6,9-11H2,1-3H3,(H,27,31);1H2. The summed E-state index contributed by atoms with van der Waals surface area (Å²) in [5.41, 5.74) is 1.85. The van der Waals surface area contributed by atoms with Crippen molar-refractivity contribution >= 4 is 41.2 Å². The highest BCUT2D eigenvalue weighted by Gasteiger charge is 2.40. The zero-order chi connectivity index (χ0) is 25.5. The van der Waals surface area contributed by atoms with Crippen LogP contribution in [0.5, 0.6) is 0 Å². The molecule has 194 valence electrons. The lowest BCUT2D eigenvalue weighted by molar-refractivity contribution is -0.173. The number of methoxy groups -OCH3 is 2. The van der Waals surface area contributed by atoms with E-state index in [1.165, 1.54) is 26.0 Å². The van der Waals surface area contributed by atoms with Gasteiger partial charge in [0.05, 0.1) is 31.3 Å². The Morgan fingerprint density at radius 2 is 1.71 bits per heavy atom. The fourth-order valence-corrected chi connectivity index (χ4v) is 4.58. The Morgan fingerprint density at radius 1 is 1.11 bits per heavy atom. The smallest absolute Gasteiger partial charge is 0.466 e. The average molecular weight is 539 g/mol. The molecular formula is C22H26ClF3N2O6S. The predicted octanol–water partition coefficient (Wildman–Crippen LogP) is 2.88. The average Bonchev–Trinajstić information content (AvgIpc) is 2.79. The van der Waals surface area contributed by atoms with Gasteiger partial charge in [-0.1, -0.05) is 29.8 Å². The molecular weight excluding hydrogens is 513 g/mol. The summed E-state index contributed by atoms with van der Waals surface area (Å²) in [7, 11) is 2.45. The number of hydrogen-bond acceptors (Lipinski definition) is 7. The second-order valence-electron chi connectivity index (χ2n) is 7.15. The lowest BCUT2D eigenvalue weighted by atomic mass is 9.80. The minimum atomic E-state index is -4.92. The quantitative estimate of drug-likeness (QED) is 0.366. The van der Waals surface area contributed by atoms with Crippen LogP contribution >= 0.6 is 23.4 Å². The van der Waals surface area contributed by atoms with Gasteiger partial charge in [-0.2, -0.15) is 24.9 Å². The molecule has 2 rings (SSSR count). The molecule has 0 fully saturated rings. The molecule has 0 bridgehead atoms. The van der Waals surface area contributed by atoms with Crippen LogP contribution in [0.25, 0.3) is 0 Å². The van der Waals surface area contributed by atoms with E-state index >= 15 is 0 Å². The van der Waals surface area contributed by atoms with Crippen molar-refractivity contribution in [3.05, 3.63) is 57.4 Å². The molecule has 1 aromatic rings. The van der Waals surface area contributed by atoms with E-state index in [1.807, 2.05) is 5.32 Å². The summed E-state index contributed by atoms with van der Waals surface area (Å²) >= 11 is 7.75. The number of carbonyl (C=O) groups is 3. The molecule has 1 aromatic carbocycles. The van der Waals surface area contributed by atoms with Crippen molar-refractivity contribution in [2.75, 3.05) is 32.3 Å². The van der Waals surface area contributed by atoms with E-state index in [0.29, 0.717) is 27.7 Å². The van der Waals surface area contributed by atoms with Gasteiger partial charge in [0.2, 0.25) is 0 Å². The molecule has 1 aliphatic rings. The first kappa shape index (κ1) is 30.3. The number of alkyl halides is 3. The van der Waals surface area contributed by atoms with Crippen molar-refractivity contribution in [1.82, 2.24) is 10.6 Å². The lowest BCUT2D eigenvalue weighted by Gasteiger charge is -2.31. The Bertz CT molecular complexity index is 1010. The Labute approximate surface area is 209 Å². The van der Waals surface area contributed by atoms with Crippen LogP contribution in [0.4, 0.5) is 13.2 Å². The van der Waals surface area contributed by atoms with E-state index in [9.17, 15) is 27.6 Å². The third-order valence-corrected chi connectivity index (χ3v) is 6.34. The minimum absolute atomic E-state index is 0. The van der Waals surface area contributed by atoms with Crippen molar-refractivity contribution in [2.45, 2.75) is 25.4 Å². The van der Waals surface area contributed by atoms with Crippen LogP contribution in [0, 0.1) is 0 Å². The van der Waals surface area contributed by atoms with E-state index in [0.717, 1.165) is 0 Å². The fraction of sp³-hybridized carbons (Fsp3) is 0.409. The molecule has 1 heterocycles. The van der Waals surface area contributed by atoms with Gasteiger partial charge >= 0.3 is 24.0 Å². The molecule has 35 heavy (non-hydrogen) atoms. The Kier molecular flexibility index (Phi) is 11.6. The molecule has 0 spiro atoms. The number of ether oxygens (including phenoxy) is 2. The maximum atomic E-state index is 12.8. The number of esters is 2. The number of carbonyl (C=O) groups excluding carboxylic acids is 3. The van der Waals surface area contributed by atoms with Crippen molar-refractivity contribution in [1.29, 1.82) is 0 Å². The number of halogens is 4. The third kappa shape index (κ3) is 7.64. The summed E-state index contributed by atoms with van der Waals surface area (Å²) < 4.78 is 46.7. The predicted molar refractivity (Wildman–Crippen MR) is 126 cm³/mol. The number of amides is 1. The van der Waals surface area contributed by atoms with Crippen LogP contribution in [0.2, 0.25) is 5.02 Å². The summed E-state index contributed by atoms with van der Waals surface area (Å²) in [4.78, 5) is 36.3. The first-order chi connectivity index (χ1) is 16.0. The van der Waals surface area contributed by atoms with Gasteiger partial charge < -0.3 is 25.6 Å². The Balaban J connectivity index is 0.00000612. The van der Waals surface area contributed by atoms with Gasteiger partial charge in [0.25, 0.3) is 0 Å². The topological polar surface area (TPSA) is 125 Å². The van der Waals surface area contributed by atoms with Crippen molar-refractivity contribution in [3.63, 3.8) is 0 Å². The summed E-state index contributed by atoms with van der Waals surface area (Å²) in [6, 6.07) is 6.79. The highest BCUT2D eigenvalue weighted by Crippen LogP contribution is 2.42. The molecule has 0 aliphatic carbocycles. The normalized spacial score (nSPS) is 15.7. The van der Waals surface area contributed by atoms with E-state index in [4.69, 9.17) is 21.1 Å². The molecule has 1 atom stereocenters. The van der Waals surface area contributed by atoms with Crippen molar-refractivity contribution in [3.8, 4) is 0 Å². The number of allylic oxidation sites excluding steroid dienone is 1. The zero-order valence-electron chi connectivity index (χ0n) is 19.2. The molecule has 0 radical (unpaired) electrons. The highest BCUT2D eigenvalue weighted by atomic mass is 35.5. The SMILES string of the molecule is COC(=O)C1=C(C)NC(CSCCCNC(=O)C(F)(F)F)=C(C(=O)OC)C1c1ccccc1Cl.O. The molecule has 13 heteroatoms. The third-order valence-electron chi connectivity index (χ3n) is 4.93. The molecule has 8 nitrogen and oxygen atoms in total. The van der Waals surface area contributed by atoms with E-state index in [2.05, 4.69) is 5.32 Å². The van der Waals surface area contributed by atoms with Crippen LogP contribution in [-0.2, 0) is 23.9 Å². The van der Waals surface area contributed by atoms with Gasteiger partial charge in [0, 0.05) is 28.7 Å². The van der Waals surface area contributed by atoms with Gasteiger partial charge in [0.1, 0.15) is 0 Å². The molecule has 0 saturated carbocycles. The van der Waals surface area contributed by atoms with Crippen LogP contribution in [0.15, 0.2) is 46.8 Å². The molecule has 1 unspecified atom stereocenters. The Morgan fingerprint density at radius 3 is 2.29 bits per heavy atom. The van der Waals surface area contributed by atoms with Crippen LogP contribution in [-0.4, -0.2) is 61.8 Å². The van der Waals surface area contributed by atoms with Gasteiger partial charge in [-0.05, 0) is 30.7 Å². The van der Waals surface area contributed by atoms with Crippen molar-refractivity contribution < 1.29 is 42.5 Å². The van der Waals surface area contributed by atoms with Crippen LogP contribution in [0.3, 0.4) is 0 Å². The van der Waals surface area contributed by atoms with Crippen LogP contribution < -0.4 is 10.6 Å². The second kappa shape index (κ2) is 13.4. The zero-order valence-corrected chi connectivity index (χ0v) is 20.7. The second-order valence-corrected chi connectivity index (χ2v) is 8.67. The minimum Gasteiger partial charge on any atom is -0.466 e. The number of hydrogen-bond donors (Lipinski definition) is 2. The van der Waals surface area contributed by atoms with Crippen LogP contribution in [0.1, 0.15) is 24.8 Å². The lowest BCUT2D eigenvalue weighted by Crippen LogP contribution is -2.37. The first-order valence-electron chi connectivity index (χ1n) is 10.1. The molecule has 0 saturated heterocycles. The van der Waals surface area contributed by atoms with Gasteiger partial charge in [-0.25, -0.2) is 9.59 Å². The number of thioether (sulfide) groups is 1. The summed E-state index contributed by atoms with van der Waals surface area (Å²) in [5.74, 6) is -3.47. The number of dihydropyridines is 1. The van der Waals surface area contributed by atoms with E-state index in [-0.39, 0.29) is 35.3 Å². The Hall–Kier alpha value is -2.70. The highest BCUT2D eigenvalue weighted by molar-refractivity contribution is 7.99. The van der Waals surface area contributed by atoms with Crippen molar-refractivity contribution in [2.24, 2.45) is 0 Å². The number of benzene rings is 1. The molecule has 1 aliphatic heterocycles. The molecule has 1 amide bonds. The summed E-state index contributed by atoms with van der Waals surface area (Å²) in [5, 5.41) is 5.23. The van der Waals surface area contributed by atoms with E-state index < -0.39 is 29.9 Å². The summed E-state index contributed by atoms with van der Waals surface area (Å²) in [6.07, 6.45) is -4.64. The largest absolute Gasteiger partial charge is 0.471 e. The maximum Gasteiger partial charge on any atom is 0.471 e.